The molecule has 2 N–H and O–H groups in total. The van der Waals surface area contributed by atoms with E-state index in [9.17, 15) is 0 Å². The third-order valence-electron chi connectivity index (χ3n) is 4.64. The summed E-state index contributed by atoms with van der Waals surface area (Å²) < 4.78 is 0. The van der Waals surface area contributed by atoms with Gasteiger partial charge in [0.1, 0.15) is 0 Å². The average molecular weight is 280 g/mol. The maximum Gasteiger partial charge on any atom is 0.0897 e. The van der Waals surface area contributed by atoms with Gasteiger partial charge in [-0.25, -0.2) is 4.98 Å². The number of hydrogen-bond donors (Lipinski definition) is 1. The van der Waals surface area contributed by atoms with Crippen molar-refractivity contribution in [2.75, 3.05) is 0 Å². The van der Waals surface area contributed by atoms with Gasteiger partial charge in [-0.3, -0.25) is 0 Å². The zero-order chi connectivity index (χ0) is 14.1. The molecule has 1 fully saturated rings. The molecule has 0 saturated heterocycles. The molecule has 1 heterocycles. The van der Waals surface area contributed by atoms with Crippen molar-refractivity contribution in [2.24, 2.45) is 17.1 Å². The lowest BCUT2D eigenvalue weighted by molar-refractivity contribution is 0.210. The van der Waals surface area contributed by atoms with Crippen molar-refractivity contribution < 1.29 is 0 Å². The van der Waals surface area contributed by atoms with Crippen LogP contribution in [0.5, 0.6) is 0 Å². The highest BCUT2D eigenvalue weighted by atomic mass is 32.1. The monoisotopic (exact) mass is 280 g/mol. The molecular formula is C16H28N2S. The Balaban J connectivity index is 2.01. The molecule has 0 amide bonds. The Bertz CT molecular complexity index is 419. The fraction of sp³-hybridized carbons (Fsp3) is 0.812. The summed E-state index contributed by atoms with van der Waals surface area (Å²) in [5.41, 5.74) is 8.26. The van der Waals surface area contributed by atoms with Crippen LogP contribution < -0.4 is 5.73 Å². The van der Waals surface area contributed by atoms with E-state index in [1.807, 2.05) is 0 Å². The molecule has 1 aliphatic rings. The Hall–Kier alpha value is -0.410. The van der Waals surface area contributed by atoms with Crippen molar-refractivity contribution in [2.45, 2.75) is 71.8 Å². The number of nitrogens with two attached hydrogens (primary N) is 1. The average Bonchev–Trinajstić information content (AvgIpc) is 2.56. The highest BCUT2D eigenvalue weighted by Gasteiger charge is 2.34. The molecule has 3 heteroatoms. The summed E-state index contributed by atoms with van der Waals surface area (Å²) in [6.45, 7) is 9.17. The third kappa shape index (κ3) is 4.03. The van der Waals surface area contributed by atoms with Crippen LogP contribution in [0.1, 0.15) is 63.6 Å². The van der Waals surface area contributed by atoms with Gasteiger partial charge in [-0.2, -0.15) is 0 Å². The topological polar surface area (TPSA) is 38.9 Å². The molecule has 1 aromatic heterocycles. The van der Waals surface area contributed by atoms with E-state index in [1.165, 1.54) is 25.0 Å². The van der Waals surface area contributed by atoms with Crippen LogP contribution in [0.25, 0.3) is 0 Å². The van der Waals surface area contributed by atoms with Crippen LogP contribution >= 0.6 is 11.3 Å². The molecule has 2 rings (SSSR count). The van der Waals surface area contributed by atoms with Crippen LogP contribution in [0.15, 0.2) is 5.38 Å². The fourth-order valence-corrected chi connectivity index (χ4v) is 3.94. The third-order valence-corrected chi connectivity index (χ3v) is 5.46. The lowest BCUT2D eigenvalue weighted by Crippen LogP contribution is -2.41. The standard InChI is InChI=1S/C16H28N2S/c1-12-18-14(11-19-12)10-16(17)8-5-6-13(7-9-16)15(2,3)4/h11,13H,5-10,17H2,1-4H3. The number of aryl methyl sites for hydroxylation is 1. The van der Waals surface area contributed by atoms with Gasteiger partial charge in [0.25, 0.3) is 0 Å². The van der Waals surface area contributed by atoms with E-state index in [1.54, 1.807) is 11.3 Å². The molecule has 1 aliphatic carbocycles. The van der Waals surface area contributed by atoms with E-state index >= 15 is 0 Å². The van der Waals surface area contributed by atoms with Gasteiger partial charge < -0.3 is 5.73 Å². The minimum absolute atomic E-state index is 0.0273. The second-order valence-electron chi connectivity index (χ2n) is 7.39. The van der Waals surface area contributed by atoms with Crippen molar-refractivity contribution in [1.29, 1.82) is 0 Å². The first-order valence-corrected chi connectivity index (χ1v) is 8.36. The molecule has 2 unspecified atom stereocenters. The molecule has 0 bridgehead atoms. The van der Waals surface area contributed by atoms with Crippen LogP contribution in [-0.2, 0) is 6.42 Å². The molecule has 19 heavy (non-hydrogen) atoms. The number of rotatable bonds is 2. The summed E-state index contributed by atoms with van der Waals surface area (Å²) in [5.74, 6) is 0.815. The minimum atomic E-state index is -0.0273. The van der Waals surface area contributed by atoms with E-state index in [2.05, 4.69) is 38.1 Å². The normalized spacial score (nSPS) is 29.2. The summed E-state index contributed by atoms with van der Waals surface area (Å²) in [6, 6.07) is 0. The summed E-state index contributed by atoms with van der Waals surface area (Å²) in [6.07, 6.45) is 7.11. The summed E-state index contributed by atoms with van der Waals surface area (Å²) in [5, 5.41) is 3.33. The van der Waals surface area contributed by atoms with E-state index in [0.29, 0.717) is 5.41 Å². The van der Waals surface area contributed by atoms with Crippen molar-refractivity contribution in [3.8, 4) is 0 Å². The zero-order valence-electron chi connectivity index (χ0n) is 12.8. The highest BCUT2D eigenvalue weighted by Crippen LogP contribution is 2.39. The minimum Gasteiger partial charge on any atom is -0.325 e. The van der Waals surface area contributed by atoms with Gasteiger partial charge in [0, 0.05) is 17.3 Å². The van der Waals surface area contributed by atoms with E-state index < -0.39 is 0 Å². The maximum atomic E-state index is 6.67. The SMILES string of the molecule is Cc1nc(CC2(N)CCCC(C(C)(C)C)CC2)cs1. The van der Waals surface area contributed by atoms with Gasteiger partial charge in [0.05, 0.1) is 10.7 Å². The first-order valence-electron chi connectivity index (χ1n) is 7.48. The molecule has 0 aliphatic heterocycles. The lowest BCUT2D eigenvalue weighted by atomic mass is 9.76. The Kier molecular flexibility index (Phi) is 4.36. The molecule has 108 valence electrons. The lowest BCUT2D eigenvalue weighted by Gasteiger charge is -2.31. The van der Waals surface area contributed by atoms with Gasteiger partial charge in [-0.1, -0.05) is 27.2 Å². The van der Waals surface area contributed by atoms with Crippen LogP contribution in [0, 0.1) is 18.3 Å². The fourth-order valence-electron chi connectivity index (χ4n) is 3.32. The quantitative estimate of drug-likeness (QED) is 0.819. The number of hydrogen-bond acceptors (Lipinski definition) is 3. The van der Waals surface area contributed by atoms with Crippen molar-refractivity contribution >= 4 is 11.3 Å². The van der Waals surface area contributed by atoms with Gasteiger partial charge in [0.15, 0.2) is 0 Å². The summed E-state index contributed by atoms with van der Waals surface area (Å²) in [4.78, 5) is 4.59. The smallest absolute Gasteiger partial charge is 0.0897 e. The first-order chi connectivity index (χ1) is 8.78. The molecular weight excluding hydrogens is 252 g/mol. The first kappa shape index (κ1) is 15.0. The summed E-state index contributed by atoms with van der Waals surface area (Å²) in [7, 11) is 0. The molecule has 2 nitrogen and oxygen atoms in total. The molecule has 1 aromatic rings. The van der Waals surface area contributed by atoms with Crippen molar-refractivity contribution in [3.63, 3.8) is 0 Å². The van der Waals surface area contributed by atoms with Crippen LogP contribution in [0.2, 0.25) is 0 Å². The number of thiazole rings is 1. The van der Waals surface area contributed by atoms with Gasteiger partial charge >= 0.3 is 0 Å². The Morgan fingerprint density at radius 2 is 2.11 bits per heavy atom. The largest absolute Gasteiger partial charge is 0.325 e. The van der Waals surface area contributed by atoms with E-state index in [0.717, 1.165) is 30.2 Å². The predicted molar refractivity (Wildman–Crippen MR) is 83.5 cm³/mol. The molecule has 0 aromatic carbocycles. The van der Waals surface area contributed by atoms with Crippen LogP contribution in [0.4, 0.5) is 0 Å². The molecule has 2 atom stereocenters. The highest BCUT2D eigenvalue weighted by molar-refractivity contribution is 7.09. The van der Waals surface area contributed by atoms with Gasteiger partial charge in [0.2, 0.25) is 0 Å². The second-order valence-corrected chi connectivity index (χ2v) is 8.45. The van der Waals surface area contributed by atoms with Crippen molar-refractivity contribution in [1.82, 2.24) is 4.98 Å². The number of nitrogens with zero attached hydrogens (tertiary/aromatic N) is 1. The van der Waals surface area contributed by atoms with Crippen LogP contribution in [-0.4, -0.2) is 10.5 Å². The predicted octanol–water partition coefficient (Wildman–Crippen LogP) is 4.32. The summed E-state index contributed by atoms with van der Waals surface area (Å²) >= 11 is 1.74. The van der Waals surface area contributed by atoms with Gasteiger partial charge in [-0.15, -0.1) is 11.3 Å². The van der Waals surface area contributed by atoms with E-state index in [-0.39, 0.29) is 5.54 Å². The Labute approximate surface area is 121 Å². The van der Waals surface area contributed by atoms with Gasteiger partial charge in [-0.05, 0) is 43.9 Å². The maximum absolute atomic E-state index is 6.67. The van der Waals surface area contributed by atoms with Crippen molar-refractivity contribution in [3.05, 3.63) is 16.1 Å². The number of aromatic nitrogens is 1. The molecule has 1 saturated carbocycles. The zero-order valence-corrected chi connectivity index (χ0v) is 13.6. The second kappa shape index (κ2) is 5.53. The molecule has 0 spiro atoms. The van der Waals surface area contributed by atoms with E-state index in [4.69, 9.17) is 5.73 Å². The van der Waals surface area contributed by atoms with Crippen LogP contribution in [0.3, 0.4) is 0 Å². The molecule has 0 radical (unpaired) electrons. The Morgan fingerprint density at radius 3 is 2.68 bits per heavy atom. The Morgan fingerprint density at radius 1 is 1.37 bits per heavy atom.